The monoisotopic (exact) mass is 375 g/mol. The van der Waals surface area contributed by atoms with Gasteiger partial charge in [-0.05, 0) is 42.7 Å². The predicted molar refractivity (Wildman–Crippen MR) is 109 cm³/mol. The van der Waals surface area contributed by atoms with Crippen LogP contribution >= 0.6 is 0 Å². The zero-order chi connectivity index (χ0) is 19.3. The largest absolute Gasteiger partial charge is 0.497 e. The number of imidazole rings is 1. The summed E-state index contributed by atoms with van der Waals surface area (Å²) < 4.78 is 7.43. The number of fused-ring (bicyclic) bond motifs is 1. The quantitative estimate of drug-likeness (QED) is 0.718. The van der Waals surface area contributed by atoms with Gasteiger partial charge in [-0.25, -0.2) is 4.98 Å². The fraction of sp³-hybridized carbons (Fsp3) is 0.304. The average molecular weight is 375 g/mol. The number of carbonyl (C=O) groups excluding carboxylic acids is 1. The highest BCUT2D eigenvalue weighted by Crippen LogP contribution is 2.28. The first-order chi connectivity index (χ1) is 13.7. The topological polar surface area (TPSA) is 56.2 Å². The van der Waals surface area contributed by atoms with E-state index in [1.54, 1.807) is 7.11 Å². The van der Waals surface area contributed by atoms with Crippen LogP contribution in [0.15, 0.2) is 60.8 Å². The lowest BCUT2D eigenvalue weighted by molar-refractivity contribution is -0.125. The Kier molecular flexibility index (Phi) is 5.42. The number of rotatable bonds is 6. The summed E-state index contributed by atoms with van der Waals surface area (Å²) in [6.45, 7) is 1.34. The second kappa shape index (κ2) is 8.30. The number of hydrogen-bond acceptors (Lipinski definition) is 3. The first-order valence-electron chi connectivity index (χ1n) is 9.75. The van der Waals surface area contributed by atoms with E-state index in [1.165, 1.54) is 5.56 Å². The molecule has 1 aliphatic rings. The molecule has 1 unspecified atom stereocenters. The molecule has 0 spiro atoms. The fourth-order valence-electron chi connectivity index (χ4n) is 3.76. The van der Waals surface area contributed by atoms with Crippen molar-refractivity contribution in [2.24, 2.45) is 5.92 Å². The Balaban J connectivity index is 1.41. The van der Waals surface area contributed by atoms with Gasteiger partial charge < -0.3 is 14.6 Å². The molecule has 1 aliphatic heterocycles. The van der Waals surface area contributed by atoms with Gasteiger partial charge in [-0.15, -0.1) is 0 Å². The Bertz CT molecular complexity index is 932. The summed E-state index contributed by atoms with van der Waals surface area (Å²) in [6.07, 6.45) is 4.43. The van der Waals surface area contributed by atoms with Gasteiger partial charge >= 0.3 is 0 Å². The summed E-state index contributed by atoms with van der Waals surface area (Å²) in [5.41, 5.74) is 3.38. The molecule has 5 nitrogen and oxygen atoms in total. The van der Waals surface area contributed by atoms with Gasteiger partial charge in [-0.3, -0.25) is 4.79 Å². The van der Waals surface area contributed by atoms with E-state index in [0.29, 0.717) is 13.1 Å². The van der Waals surface area contributed by atoms with Gasteiger partial charge in [-0.2, -0.15) is 0 Å². The number of aromatic nitrogens is 2. The molecule has 2 heterocycles. The zero-order valence-corrected chi connectivity index (χ0v) is 16.1. The molecule has 4 rings (SSSR count). The van der Waals surface area contributed by atoms with Gasteiger partial charge in [0, 0.05) is 25.1 Å². The Morgan fingerprint density at radius 3 is 2.71 bits per heavy atom. The highest BCUT2D eigenvalue weighted by molar-refractivity contribution is 5.79. The Labute approximate surface area is 165 Å². The maximum absolute atomic E-state index is 12.7. The first kappa shape index (κ1) is 18.3. The van der Waals surface area contributed by atoms with Gasteiger partial charge in [0.25, 0.3) is 0 Å². The molecule has 1 aromatic heterocycles. The van der Waals surface area contributed by atoms with Gasteiger partial charge in [0.1, 0.15) is 11.6 Å². The predicted octanol–water partition coefficient (Wildman–Crippen LogP) is 3.48. The van der Waals surface area contributed by atoms with E-state index < -0.39 is 0 Å². The van der Waals surface area contributed by atoms with Gasteiger partial charge in [-0.1, -0.05) is 30.3 Å². The molecule has 1 amide bonds. The highest BCUT2D eigenvalue weighted by Gasteiger charge is 2.27. The molecule has 0 saturated heterocycles. The maximum atomic E-state index is 12.7. The van der Waals surface area contributed by atoms with Crippen molar-refractivity contribution >= 4 is 5.91 Å². The number of hydrogen-bond donors (Lipinski definition) is 1. The SMILES string of the molecule is COc1ccc(-c2cnc3n2CC(C(=O)NCCc2ccccc2)CC3)cc1. The number of methoxy groups -OCH3 is 1. The second-order valence-electron chi connectivity index (χ2n) is 7.16. The smallest absolute Gasteiger partial charge is 0.224 e. The van der Waals surface area contributed by atoms with Crippen molar-refractivity contribution in [3.8, 4) is 17.0 Å². The summed E-state index contributed by atoms with van der Waals surface area (Å²) in [6, 6.07) is 18.2. The number of amides is 1. The molecule has 2 aromatic carbocycles. The van der Waals surface area contributed by atoms with Crippen molar-refractivity contribution in [2.75, 3.05) is 13.7 Å². The van der Waals surface area contributed by atoms with E-state index in [2.05, 4.69) is 27.0 Å². The highest BCUT2D eigenvalue weighted by atomic mass is 16.5. The summed E-state index contributed by atoms with van der Waals surface area (Å²) in [5.74, 6) is 2.00. The van der Waals surface area contributed by atoms with Crippen LogP contribution < -0.4 is 10.1 Å². The van der Waals surface area contributed by atoms with Crippen molar-refractivity contribution in [3.63, 3.8) is 0 Å². The van der Waals surface area contributed by atoms with E-state index in [-0.39, 0.29) is 11.8 Å². The van der Waals surface area contributed by atoms with E-state index >= 15 is 0 Å². The van der Waals surface area contributed by atoms with Crippen molar-refractivity contribution in [2.45, 2.75) is 25.8 Å². The molecule has 0 aliphatic carbocycles. The first-order valence-corrected chi connectivity index (χ1v) is 9.75. The molecule has 5 heteroatoms. The van der Waals surface area contributed by atoms with Crippen LogP contribution in [0.1, 0.15) is 17.8 Å². The molecular formula is C23H25N3O2. The van der Waals surface area contributed by atoms with E-state index in [1.807, 2.05) is 48.7 Å². The lowest BCUT2D eigenvalue weighted by Gasteiger charge is -2.24. The van der Waals surface area contributed by atoms with Crippen molar-refractivity contribution in [1.82, 2.24) is 14.9 Å². The normalized spacial score (nSPS) is 15.7. The summed E-state index contributed by atoms with van der Waals surface area (Å²) in [5, 5.41) is 3.11. The fourth-order valence-corrected chi connectivity index (χ4v) is 3.76. The number of ether oxygens (including phenoxy) is 1. The molecule has 144 valence electrons. The van der Waals surface area contributed by atoms with E-state index in [0.717, 1.165) is 42.1 Å². The molecule has 0 saturated carbocycles. The van der Waals surface area contributed by atoms with Crippen LogP contribution in [0.5, 0.6) is 5.75 Å². The number of nitrogens with zero attached hydrogens (tertiary/aromatic N) is 2. The van der Waals surface area contributed by atoms with Crippen LogP contribution in [-0.4, -0.2) is 29.1 Å². The summed E-state index contributed by atoms with van der Waals surface area (Å²) in [7, 11) is 1.66. The van der Waals surface area contributed by atoms with Gasteiger partial charge in [0.15, 0.2) is 0 Å². The number of benzene rings is 2. The zero-order valence-electron chi connectivity index (χ0n) is 16.1. The maximum Gasteiger partial charge on any atom is 0.224 e. The van der Waals surface area contributed by atoms with Crippen LogP contribution in [0.25, 0.3) is 11.3 Å². The number of aryl methyl sites for hydroxylation is 1. The van der Waals surface area contributed by atoms with Gasteiger partial charge in [0.05, 0.1) is 24.9 Å². The van der Waals surface area contributed by atoms with Crippen molar-refractivity contribution < 1.29 is 9.53 Å². The molecule has 28 heavy (non-hydrogen) atoms. The summed E-state index contributed by atoms with van der Waals surface area (Å²) in [4.78, 5) is 17.3. The molecule has 0 bridgehead atoms. The minimum Gasteiger partial charge on any atom is -0.497 e. The van der Waals surface area contributed by atoms with Crippen LogP contribution in [0.3, 0.4) is 0 Å². The van der Waals surface area contributed by atoms with E-state index in [4.69, 9.17) is 4.74 Å². The third-order valence-electron chi connectivity index (χ3n) is 5.37. The Morgan fingerprint density at radius 2 is 1.96 bits per heavy atom. The lowest BCUT2D eigenvalue weighted by Crippen LogP contribution is -2.37. The summed E-state index contributed by atoms with van der Waals surface area (Å²) >= 11 is 0. The van der Waals surface area contributed by atoms with Crippen LogP contribution in [0.2, 0.25) is 0 Å². The third kappa shape index (κ3) is 3.93. The lowest BCUT2D eigenvalue weighted by atomic mass is 9.97. The Hall–Kier alpha value is -3.08. The minimum atomic E-state index is -0.0190. The number of carbonyl (C=O) groups is 1. The van der Waals surface area contributed by atoms with Crippen molar-refractivity contribution in [3.05, 3.63) is 72.2 Å². The molecular weight excluding hydrogens is 350 g/mol. The van der Waals surface area contributed by atoms with Gasteiger partial charge in [0.2, 0.25) is 5.91 Å². The van der Waals surface area contributed by atoms with Crippen LogP contribution in [-0.2, 0) is 24.2 Å². The second-order valence-corrected chi connectivity index (χ2v) is 7.16. The molecule has 1 N–H and O–H groups in total. The molecule has 0 fully saturated rings. The standard InChI is InChI=1S/C23H25N3O2/c1-28-20-10-7-18(8-11-20)21-15-25-22-12-9-19(16-26(21)22)23(27)24-14-13-17-5-3-2-4-6-17/h2-8,10-11,15,19H,9,12-14,16H2,1H3,(H,24,27). The number of nitrogens with one attached hydrogen (secondary N) is 1. The average Bonchev–Trinajstić information content (AvgIpc) is 3.18. The van der Waals surface area contributed by atoms with E-state index in [9.17, 15) is 4.79 Å². The minimum absolute atomic E-state index is 0.0190. The van der Waals surface area contributed by atoms with Crippen molar-refractivity contribution in [1.29, 1.82) is 0 Å². The Morgan fingerprint density at radius 1 is 1.18 bits per heavy atom. The molecule has 3 aromatic rings. The third-order valence-corrected chi connectivity index (χ3v) is 5.37. The molecule has 0 radical (unpaired) electrons. The van der Waals surface area contributed by atoms with Crippen LogP contribution in [0.4, 0.5) is 0 Å². The van der Waals surface area contributed by atoms with Crippen LogP contribution in [0, 0.1) is 5.92 Å². The molecule has 1 atom stereocenters.